The third kappa shape index (κ3) is 7.28. The van der Waals surface area contributed by atoms with Gasteiger partial charge in [0.25, 0.3) is 0 Å². The summed E-state index contributed by atoms with van der Waals surface area (Å²) in [5.74, 6) is -0.0625. The molecule has 251 valence electrons. The van der Waals surface area contributed by atoms with E-state index < -0.39 is 0 Å². The molecule has 0 saturated carbocycles. The van der Waals surface area contributed by atoms with Crippen LogP contribution in [0.15, 0.2) is 133 Å². The molecule has 0 amide bonds. The molecule has 1 aromatic heterocycles. The van der Waals surface area contributed by atoms with Gasteiger partial charge in [-0.2, -0.15) is 0 Å². The maximum Gasteiger partial charge on any atom is 0.247 e. The van der Waals surface area contributed by atoms with Gasteiger partial charge < -0.3 is 15.0 Å². The number of nitrogens with zero attached hydrogens (tertiary/aromatic N) is 2. The minimum absolute atomic E-state index is 0. The summed E-state index contributed by atoms with van der Waals surface area (Å²) in [4.78, 5) is 17.4. The van der Waals surface area contributed by atoms with Crippen molar-refractivity contribution in [1.29, 1.82) is 0 Å². The van der Waals surface area contributed by atoms with Crippen LogP contribution in [0.2, 0.25) is 0 Å². The van der Waals surface area contributed by atoms with Crippen LogP contribution >= 0.6 is 0 Å². The normalized spacial score (nSPS) is 11.8. The van der Waals surface area contributed by atoms with Crippen LogP contribution < -0.4 is 21.3 Å². The largest absolute Gasteiger partial charge is 0.512 e. The van der Waals surface area contributed by atoms with Gasteiger partial charge >= 0.3 is 0 Å². The summed E-state index contributed by atoms with van der Waals surface area (Å²) in [6, 6.07) is 44.6. The molecule has 0 aliphatic carbocycles. The molecule has 6 aromatic rings. The van der Waals surface area contributed by atoms with Crippen molar-refractivity contribution in [1.82, 2.24) is 4.98 Å². The van der Waals surface area contributed by atoms with Crippen molar-refractivity contribution >= 4 is 45.9 Å². The van der Waals surface area contributed by atoms with Crippen molar-refractivity contribution in [2.75, 3.05) is 4.90 Å². The van der Waals surface area contributed by atoms with E-state index in [2.05, 4.69) is 136 Å². The monoisotopic (exact) mass is 832 g/mol. The number of fused-ring (bicyclic) bond motifs is 2. The third-order valence-electron chi connectivity index (χ3n) is 9.06. The fourth-order valence-corrected chi connectivity index (χ4v) is 7.04. The van der Waals surface area contributed by atoms with Crippen LogP contribution in [0.4, 0.5) is 17.1 Å². The minimum Gasteiger partial charge on any atom is -0.512 e. The molecule has 2 heterocycles. The average molecular weight is 832 g/mol. The third-order valence-corrected chi connectivity index (χ3v) is 9.06. The first-order chi connectivity index (χ1) is 23.7. The van der Waals surface area contributed by atoms with Gasteiger partial charge in [-0.3, -0.25) is 4.79 Å². The molecule has 1 radical (unpaired) electrons. The Morgan fingerprint density at radius 3 is 1.92 bits per heavy atom. The van der Waals surface area contributed by atoms with E-state index in [1.165, 1.54) is 81.2 Å². The standard InChI is InChI=1S/C39H32BN2.C5H8O2.Ir/c1-26-13-10-14-27(2)37(26)40-33-20-8-9-22-36(33)42(38-28(3)15-11-16-29(38)4)39-32(19-12-21-34(39)40)31-23-24-35(41-25-31)30-17-6-5-7-18-30;1-4(6)3-5(2)7;/h5-17,19-25H,1-4H3;3,6H,1-2H3;/q-1;;. The van der Waals surface area contributed by atoms with Gasteiger partial charge in [-0.15, -0.1) is 35.9 Å². The first-order valence-corrected chi connectivity index (χ1v) is 16.6. The fraction of sp³-hybridized carbons (Fsp3) is 0.136. The number of aryl methyl sites for hydroxylation is 4. The summed E-state index contributed by atoms with van der Waals surface area (Å²) in [5.41, 5.74) is 17.1. The van der Waals surface area contributed by atoms with Crippen LogP contribution in [0.1, 0.15) is 36.1 Å². The zero-order chi connectivity index (χ0) is 34.7. The maximum absolute atomic E-state index is 10.0. The molecule has 0 saturated heterocycles. The fourth-order valence-electron chi connectivity index (χ4n) is 7.04. The predicted octanol–water partition coefficient (Wildman–Crippen LogP) is 8.78. The van der Waals surface area contributed by atoms with Gasteiger partial charge in [0.05, 0.1) is 11.4 Å². The number of allylic oxidation sites excluding steroid dienone is 2. The number of aliphatic hydroxyl groups is 1. The van der Waals surface area contributed by atoms with Crippen molar-refractivity contribution in [2.24, 2.45) is 0 Å². The Kier molecular flexibility index (Phi) is 11.4. The molecule has 0 atom stereocenters. The summed E-state index contributed by atoms with van der Waals surface area (Å²) in [6.07, 6.45) is 3.18. The van der Waals surface area contributed by atoms with E-state index >= 15 is 0 Å². The number of para-hydroxylation sites is 3. The first-order valence-electron chi connectivity index (χ1n) is 16.6. The van der Waals surface area contributed by atoms with E-state index in [0.717, 1.165) is 16.8 Å². The molecule has 1 aliphatic heterocycles. The van der Waals surface area contributed by atoms with Gasteiger partial charge in [-0.1, -0.05) is 102 Å². The number of rotatable bonds is 5. The molecular formula is C44H40BIrN2O2-. The molecule has 4 nitrogen and oxygen atoms in total. The Morgan fingerprint density at radius 1 is 0.720 bits per heavy atom. The minimum atomic E-state index is -0.125. The zero-order valence-corrected chi connectivity index (χ0v) is 31.7. The average Bonchev–Trinajstić information content (AvgIpc) is 3.08. The number of aliphatic hydroxyl groups excluding tert-OH is 1. The molecular weight excluding hydrogens is 792 g/mol. The molecule has 0 fully saturated rings. The van der Waals surface area contributed by atoms with Gasteiger partial charge in [-0.05, 0) is 75.4 Å². The Bertz CT molecular complexity index is 2130. The Hall–Kier alpha value is -5.03. The number of aromatic nitrogens is 1. The van der Waals surface area contributed by atoms with Crippen molar-refractivity contribution < 1.29 is 30.0 Å². The summed E-state index contributed by atoms with van der Waals surface area (Å²) in [7, 11) is 0. The van der Waals surface area contributed by atoms with E-state index in [1.54, 1.807) is 0 Å². The number of pyridine rings is 1. The second-order valence-electron chi connectivity index (χ2n) is 12.7. The second-order valence-corrected chi connectivity index (χ2v) is 12.7. The van der Waals surface area contributed by atoms with Crippen LogP contribution in [0, 0.1) is 33.8 Å². The van der Waals surface area contributed by atoms with Crippen molar-refractivity contribution in [3.05, 3.63) is 162 Å². The molecule has 7 rings (SSSR count). The first kappa shape index (κ1) is 36.3. The Labute approximate surface area is 310 Å². The molecule has 0 bridgehead atoms. The van der Waals surface area contributed by atoms with E-state index in [-0.39, 0.29) is 38.4 Å². The smallest absolute Gasteiger partial charge is 0.247 e. The number of carbonyl (C=O) groups excluding carboxylic acids is 1. The zero-order valence-electron chi connectivity index (χ0n) is 29.3. The van der Waals surface area contributed by atoms with Gasteiger partial charge in [0, 0.05) is 54.9 Å². The molecule has 1 N–H and O–H groups in total. The second kappa shape index (κ2) is 15.7. The van der Waals surface area contributed by atoms with E-state index in [1.807, 2.05) is 24.4 Å². The Balaban J connectivity index is 0.000000553. The molecule has 6 heteroatoms. The van der Waals surface area contributed by atoms with Crippen molar-refractivity contribution in [3.63, 3.8) is 0 Å². The number of hydrogen-bond donors (Lipinski definition) is 1. The van der Waals surface area contributed by atoms with Crippen LogP contribution in [0.3, 0.4) is 0 Å². The SMILES string of the molecule is CC(=O)C=C(C)O.Cc1cccc(C)c1B1c2ccccc2N(c2c(C)cccc2C)c2c1cccc2-c1ccc(-c2[c-]cccc2)nc1.[Ir]. The summed E-state index contributed by atoms with van der Waals surface area (Å²) < 4.78 is 0. The van der Waals surface area contributed by atoms with Crippen LogP contribution in [-0.2, 0) is 24.9 Å². The van der Waals surface area contributed by atoms with Crippen LogP contribution in [0.25, 0.3) is 22.4 Å². The molecule has 0 unspecified atom stereocenters. The molecule has 1 aliphatic rings. The number of carbonyl (C=O) groups is 1. The molecule has 5 aromatic carbocycles. The predicted molar refractivity (Wildman–Crippen MR) is 206 cm³/mol. The van der Waals surface area contributed by atoms with E-state index in [4.69, 9.17) is 10.1 Å². The van der Waals surface area contributed by atoms with Crippen LogP contribution in [0.5, 0.6) is 0 Å². The van der Waals surface area contributed by atoms with Crippen molar-refractivity contribution in [3.8, 4) is 22.4 Å². The van der Waals surface area contributed by atoms with E-state index in [0.29, 0.717) is 0 Å². The topological polar surface area (TPSA) is 53.4 Å². The number of benzene rings is 5. The number of ketones is 1. The van der Waals surface area contributed by atoms with Crippen molar-refractivity contribution in [2.45, 2.75) is 41.5 Å². The summed E-state index contributed by atoms with van der Waals surface area (Å²) in [5, 5.41) is 8.36. The number of hydrogen-bond acceptors (Lipinski definition) is 4. The quantitative estimate of drug-likeness (QED) is 0.0817. The summed E-state index contributed by atoms with van der Waals surface area (Å²) in [6.45, 7) is 11.9. The van der Waals surface area contributed by atoms with Gasteiger partial charge in [0.1, 0.15) is 0 Å². The maximum atomic E-state index is 10.0. The molecule has 0 spiro atoms. The van der Waals surface area contributed by atoms with Gasteiger partial charge in [0.15, 0.2) is 5.78 Å². The van der Waals surface area contributed by atoms with Gasteiger partial charge in [-0.25, -0.2) is 0 Å². The van der Waals surface area contributed by atoms with Crippen LogP contribution in [-0.4, -0.2) is 22.6 Å². The Morgan fingerprint density at radius 2 is 1.34 bits per heavy atom. The number of anilines is 3. The van der Waals surface area contributed by atoms with Gasteiger partial charge in [0.2, 0.25) is 6.71 Å². The molecule has 50 heavy (non-hydrogen) atoms. The van der Waals surface area contributed by atoms with E-state index in [9.17, 15) is 4.79 Å². The summed E-state index contributed by atoms with van der Waals surface area (Å²) >= 11 is 0.